The molecule has 1 aliphatic rings. The van der Waals surface area contributed by atoms with Gasteiger partial charge in [-0.15, -0.1) is 0 Å². The second-order valence-electron chi connectivity index (χ2n) is 5.96. The second kappa shape index (κ2) is 8.42. The highest BCUT2D eigenvalue weighted by molar-refractivity contribution is 5.99. The van der Waals surface area contributed by atoms with Crippen molar-refractivity contribution in [1.29, 1.82) is 0 Å². The van der Waals surface area contributed by atoms with Gasteiger partial charge in [-0.05, 0) is 31.7 Å². The Kier molecular flexibility index (Phi) is 6.28. The van der Waals surface area contributed by atoms with Crippen molar-refractivity contribution in [3.05, 3.63) is 39.4 Å². The highest BCUT2D eigenvalue weighted by atomic mass is 16.6. The summed E-state index contributed by atoms with van der Waals surface area (Å²) in [6.07, 6.45) is 5.75. The molecular weight excluding hydrogens is 312 g/mol. The van der Waals surface area contributed by atoms with Gasteiger partial charge in [0.1, 0.15) is 0 Å². The minimum atomic E-state index is -0.678. The van der Waals surface area contributed by atoms with E-state index < -0.39 is 16.8 Å². The number of nitrogens with zero attached hydrogens (tertiary/aromatic N) is 1. The van der Waals surface area contributed by atoms with Crippen LogP contribution in [-0.2, 0) is 4.74 Å². The van der Waals surface area contributed by atoms with Gasteiger partial charge in [0, 0.05) is 24.2 Å². The zero-order chi connectivity index (χ0) is 17.5. The molecule has 0 heterocycles. The summed E-state index contributed by atoms with van der Waals surface area (Å²) >= 11 is 0. The normalized spacial score (nSPS) is 14.9. The quantitative estimate of drug-likeness (QED) is 0.490. The lowest BCUT2D eigenvalue weighted by atomic mass is 9.89. The minimum absolute atomic E-state index is 0.00821. The van der Waals surface area contributed by atoms with E-state index in [9.17, 15) is 19.7 Å². The largest absolute Gasteiger partial charge is 0.462 e. The van der Waals surface area contributed by atoms with Gasteiger partial charge < -0.3 is 10.1 Å². The van der Waals surface area contributed by atoms with Crippen molar-refractivity contribution < 1.29 is 19.2 Å². The fraction of sp³-hybridized carbons (Fsp3) is 0.529. The molecule has 130 valence electrons. The summed E-state index contributed by atoms with van der Waals surface area (Å²) in [5.74, 6) is -0.636. The van der Waals surface area contributed by atoms with Crippen LogP contribution in [0.15, 0.2) is 18.2 Å². The van der Waals surface area contributed by atoms with E-state index >= 15 is 0 Å². The SMILES string of the molecule is CCOC(=O)c1cc(C(=O)NCC2CCCCC2)cc([N+](=O)[O-])c1. The Morgan fingerprint density at radius 3 is 2.50 bits per heavy atom. The summed E-state index contributed by atoms with van der Waals surface area (Å²) < 4.78 is 4.86. The predicted molar refractivity (Wildman–Crippen MR) is 88.0 cm³/mol. The molecule has 1 N–H and O–H groups in total. The number of hydrogen-bond donors (Lipinski definition) is 1. The summed E-state index contributed by atoms with van der Waals surface area (Å²) in [5.41, 5.74) is -0.194. The number of amides is 1. The number of hydrogen-bond acceptors (Lipinski definition) is 5. The van der Waals surface area contributed by atoms with Gasteiger partial charge in [-0.1, -0.05) is 19.3 Å². The molecule has 0 aromatic heterocycles. The maximum absolute atomic E-state index is 12.3. The lowest BCUT2D eigenvalue weighted by Gasteiger charge is -2.21. The molecule has 0 spiro atoms. The number of carbonyl (C=O) groups is 2. The van der Waals surface area contributed by atoms with Crippen LogP contribution in [0.5, 0.6) is 0 Å². The van der Waals surface area contributed by atoms with Crippen molar-refractivity contribution in [1.82, 2.24) is 5.32 Å². The van der Waals surface area contributed by atoms with Crippen LogP contribution in [-0.4, -0.2) is 30.0 Å². The molecule has 0 radical (unpaired) electrons. The summed E-state index contributed by atoms with van der Waals surface area (Å²) in [5, 5.41) is 13.9. The first-order valence-electron chi connectivity index (χ1n) is 8.26. The summed E-state index contributed by atoms with van der Waals surface area (Å²) in [7, 11) is 0. The van der Waals surface area contributed by atoms with E-state index in [1.807, 2.05) is 0 Å². The van der Waals surface area contributed by atoms with E-state index in [4.69, 9.17) is 4.74 Å². The van der Waals surface area contributed by atoms with E-state index in [1.165, 1.54) is 31.4 Å². The van der Waals surface area contributed by atoms with Crippen LogP contribution in [0.3, 0.4) is 0 Å². The number of non-ortho nitro benzene ring substituents is 1. The number of nitrogens with one attached hydrogen (secondary N) is 1. The van der Waals surface area contributed by atoms with E-state index in [1.54, 1.807) is 6.92 Å². The topological polar surface area (TPSA) is 98.5 Å². The summed E-state index contributed by atoms with van der Waals surface area (Å²) in [6, 6.07) is 3.63. The maximum atomic E-state index is 12.3. The molecule has 0 unspecified atom stereocenters. The third-order valence-corrected chi connectivity index (χ3v) is 4.18. The Morgan fingerprint density at radius 2 is 1.88 bits per heavy atom. The Balaban J connectivity index is 2.12. The van der Waals surface area contributed by atoms with Crippen LogP contribution in [0.4, 0.5) is 5.69 Å². The van der Waals surface area contributed by atoms with Gasteiger partial charge in [0.05, 0.1) is 17.1 Å². The third kappa shape index (κ3) is 4.78. The van der Waals surface area contributed by atoms with Gasteiger partial charge in [-0.25, -0.2) is 4.79 Å². The van der Waals surface area contributed by atoms with Crippen molar-refractivity contribution in [3.8, 4) is 0 Å². The lowest BCUT2D eigenvalue weighted by molar-refractivity contribution is -0.384. The molecule has 1 aromatic carbocycles. The van der Waals surface area contributed by atoms with Gasteiger partial charge >= 0.3 is 5.97 Å². The zero-order valence-electron chi connectivity index (χ0n) is 13.7. The first-order chi connectivity index (χ1) is 11.5. The van der Waals surface area contributed by atoms with Crippen LogP contribution < -0.4 is 5.32 Å². The maximum Gasteiger partial charge on any atom is 0.338 e. The van der Waals surface area contributed by atoms with Crippen LogP contribution in [0.25, 0.3) is 0 Å². The summed E-state index contributed by atoms with van der Waals surface area (Å²) in [6.45, 7) is 2.36. The van der Waals surface area contributed by atoms with Gasteiger partial charge in [-0.3, -0.25) is 14.9 Å². The number of ether oxygens (including phenoxy) is 1. The van der Waals surface area contributed by atoms with Gasteiger partial charge in [-0.2, -0.15) is 0 Å². The molecule has 1 fully saturated rings. The molecule has 0 bridgehead atoms. The molecule has 1 amide bonds. The Bertz CT molecular complexity index is 623. The zero-order valence-corrected chi connectivity index (χ0v) is 13.7. The van der Waals surface area contributed by atoms with Crippen LogP contribution in [0, 0.1) is 16.0 Å². The van der Waals surface area contributed by atoms with Gasteiger partial charge in [0.25, 0.3) is 11.6 Å². The Morgan fingerprint density at radius 1 is 1.21 bits per heavy atom. The minimum Gasteiger partial charge on any atom is -0.462 e. The van der Waals surface area contributed by atoms with Crippen molar-refractivity contribution in [2.45, 2.75) is 39.0 Å². The average molecular weight is 334 g/mol. The third-order valence-electron chi connectivity index (χ3n) is 4.18. The molecule has 0 saturated heterocycles. The van der Waals surface area contributed by atoms with Crippen molar-refractivity contribution in [2.75, 3.05) is 13.2 Å². The average Bonchev–Trinajstić information content (AvgIpc) is 2.60. The molecule has 0 aliphatic heterocycles. The Labute approximate surface area is 140 Å². The van der Waals surface area contributed by atoms with E-state index in [-0.39, 0.29) is 23.4 Å². The van der Waals surface area contributed by atoms with Crippen LogP contribution in [0.1, 0.15) is 59.7 Å². The monoisotopic (exact) mass is 334 g/mol. The molecule has 1 aliphatic carbocycles. The van der Waals surface area contributed by atoms with Crippen LogP contribution in [0.2, 0.25) is 0 Å². The van der Waals surface area contributed by atoms with E-state index in [0.717, 1.165) is 18.9 Å². The standard InChI is InChI=1S/C17H22N2O5/c1-2-24-17(21)14-8-13(9-15(10-14)19(22)23)16(20)18-11-12-6-4-3-5-7-12/h8-10,12H,2-7,11H2,1H3,(H,18,20). The van der Waals surface area contributed by atoms with Crippen LogP contribution >= 0.6 is 0 Å². The molecule has 0 atom stereocenters. The fourth-order valence-electron chi connectivity index (χ4n) is 2.91. The van der Waals surface area contributed by atoms with E-state index in [2.05, 4.69) is 5.32 Å². The fourth-order valence-corrected chi connectivity index (χ4v) is 2.91. The highest BCUT2D eigenvalue weighted by Crippen LogP contribution is 2.23. The first-order valence-corrected chi connectivity index (χ1v) is 8.26. The number of esters is 1. The smallest absolute Gasteiger partial charge is 0.338 e. The number of benzene rings is 1. The van der Waals surface area contributed by atoms with Crippen molar-refractivity contribution in [3.63, 3.8) is 0 Å². The molecular formula is C17H22N2O5. The highest BCUT2D eigenvalue weighted by Gasteiger charge is 2.20. The van der Waals surface area contributed by atoms with Crippen molar-refractivity contribution in [2.24, 2.45) is 5.92 Å². The molecule has 7 nitrogen and oxygen atoms in total. The number of nitro benzene ring substituents is 1. The molecule has 24 heavy (non-hydrogen) atoms. The number of rotatable bonds is 6. The van der Waals surface area contributed by atoms with Gasteiger partial charge in [0.15, 0.2) is 0 Å². The molecule has 1 saturated carbocycles. The molecule has 7 heteroatoms. The molecule has 2 rings (SSSR count). The number of nitro groups is 1. The number of carbonyl (C=O) groups excluding carboxylic acids is 2. The predicted octanol–water partition coefficient (Wildman–Crippen LogP) is 3.08. The molecule has 1 aromatic rings. The Hall–Kier alpha value is -2.44. The van der Waals surface area contributed by atoms with E-state index in [0.29, 0.717) is 12.5 Å². The van der Waals surface area contributed by atoms with Crippen molar-refractivity contribution >= 4 is 17.6 Å². The first kappa shape index (κ1) is 17.9. The van der Waals surface area contributed by atoms with Gasteiger partial charge in [0.2, 0.25) is 0 Å². The summed E-state index contributed by atoms with van der Waals surface area (Å²) in [4.78, 5) is 34.5. The lowest BCUT2D eigenvalue weighted by Crippen LogP contribution is -2.30. The second-order valence-corrected chi connectivity index (χ2v) is 5.96.